The molecule has 2 heterocycles. The van der Waals surface area contributed by atoms with E-state index in [9.17, 15) is 9.59 Å². The molecule has 0 saturated carbocycles. The van der Waals surface area contributed by atoms with E-state index in [0.29, 0.717) is 24.1 Å². The second-order valence-electron chi connectivity index (χ2n) is 5.93. The number of hydrogen-bond donors (Lipinski definition) is 3. The number of amides is 1. The molecule has 1 aromatic carbocycles. The minimum absolute atomic E-state index is 0.0917. The minimum atomic E-state index is -0.281. The largest absolute Gasteiger partial charge is 0.370 e. The van der Waals surface area contributed by atoms with Gasteiger partial charge in [-0.05, 0) is 41.8 Å². The quantitative estimate of drug-likeness (QED) is 0.445. The molecule has 1 aromatic heterocycles. The van der Waals surface area contributed by atoms with Gasteiger partial charge in [-0.25, -0.2) is 0 Å². The van der Waals surface area contributed by atoms with Crippen molar-refractivity contribution in [2.45, 2.75) is 6.42 Å². The van der Waals surface area contributed by atoms with Gasteiger partial charge >= 0.3 is 0 Å². The molecule has 0 unspecified atom stereocenters. The Kier molecular flexibility index (Phi) is 5.07. The van der Waals surface area contributed by atoms with E-state index in [2.05, 4.69) is 16.4 Å². The van der Waals surface area contributed by atoms with Crippen molar-refractivity contribution in [2.75, 3.05) is 18.4 Å². The summed E-state index contributed by atoms with van der Waals surface area (Å²) in [5.41, 5.74) is 9.14. The number of nitrogens with two attached hydrogens (primary N) is 1. The first-order valence-electron chi connectivity index (χ1n) is 8.18. The maximum Gasteiger partial charge on any atom is 0.257 e. The highest BCUT2D eigenvalue weighted by Gasteiger charge is 2.14. The molecule has 4 N–H and O–H groups in total. The smallest absolute Gasteiger partial charge is 0.257 e. The molecule has 1 aliphatic rings. The number of nitrogens with one attached hydrogen (secondary N) is 2. The molecule has 0 spiro atoms. The molecule has 7 nitrogen and oxygen atoms in total. The van der Waals surface area contributed by atoms with E-state index in [1.54, 1.807) is 6.07 Å². The van der Waals surface area contributed by atoms with Crippen molar-refractivity contribution in [3.8, 4) is 0 Å². The van der Waals surface area contributed by atoms with Gasteiger partial charge in [-0.15, -0.1) is 0 Å². The molecule has 7 heteroatoms. The average molecular weight is 349 g/mol. The second kappa shape index (κ2) is 7.60. The highest BCUT2D eigenvalue weighted by Crippen LogP contribution is 2.23. The van der Waals surface area contributed by atoms with Gasteiger partial charge < -0.3 is 16.0 Å². The molecule has 0 fully saturated rings. The number of carbonyl (C=O) groups is 2. The third kappa shape index (κ3) is 3.94. The molecule has 0 bridgehead atoms. The third-order valence-electron chi connectivity index (χ3n) is 4.23. The number of pyridine rings is 1. The number of guanidine groups is 1. The molecule has 1 amide bonds. The summed E-state index contributed by atoms with van der Waals surface area (Å²) in [5.74, 6) is -0.189. The predicted molar refractivity (Wildman–Crippen MR) is 100 cm³/mol. The van der Waals surface area contributed by atoms with Crippen molar-refractivity contribution >= 4 is 29.4 Å². The molecule has 2 aromatic rings. The Morgan fingerprint density at radius 2 is 2.00 bits per heavy atom. The molecule has 3 rings (SSSR count). The molecule has 0 aliphatic carbocycles. The number of rotatable bonds is 4. The van der Waals surface area contributed by atoms with Gasteiger partial charge in [-0.3, -0.25) is 20.0 Å². The fourth-order valence-electron chi connectivity index (χ4n) is 2.73. The Morgan fingerprint density at radius 1 is 1.23 bits per heavy atom. The van der Waals surface area contributed by atoms with Crippen molar-refractivity contribution in [3.05, 3.63) is 65.5 Å². The van der Waals surface area contributed by atoms with Crippen molar-refractivity contribution in [3.63, 3.8) is 0 Å². The topological polar surface area (TPSA) is 112 Å². The summed E-state index contributed by atoms with van der Waals surface area (Å²) in [6.07, 6.45) is 4.90. The summed E-state index contributed by atoms with van der Waals surface area (Å²) in [6.45, 7) is 1.36. The Bertz CT molecular complexity index is 857. The van der Waals surface area contributed by atoms with Crippen LogP contribution in [0, 0.1) is 5.41 Å². The van der Waals surface area contributed by atoms with E-state index in [4.69, 9.17) is 11.1 Å². The van der Waals surface area contributed by atoms with Crippen LogP contribution < -0.4 is 11.1 Å². The van der Waals surface area contributed by atoms with Crippen LogP contribution in [0.1, 0.15) is 32.8 Å². The highest BCUT2D eigenvalue weighted by molar-refractivity contribution is 6.04. The number of aromatic nitrogens is 1. The summed E-state index contributed by atoms with van der Waals surface area (Å²) in [7, 11) is 0. The summed E-state index contributed by atoms with van der Waals surface area (Å²) in [5, 5.41) is 10.3. The summed E-state index contributed by atoms with van der Waals surface area (Å²) < 4.78 is 0. The van der Waals surface area contributed by atoms with Gasteiger partial charge in [0.1, 0.15) is 5.69 Å². The lowest BCUT2D eigenvalue weighted by atomic mass is 9.99. The second-order valence-corrected chi connectivity index (χ2v) is 5.93. The number of carbonyl (C=O) groups excluding carboxylic acids is 2. The summed E-state index contributed by atoms with van der Waals surface area (Å²) >= 11 is 0. The van der Waals surface area contributed by atoms with Gasteiger partial charge in [-0.1, -0.05) is 18.2 Å². The fourth-order valence-corrected chi connectivity index (χ4v) is 2.73. The fraction of sp³-hybridized carbons (Fsp3) is 0.158. The molecule has 26 heavy (non-hydrogen) atoms. The van der Waals surface area contributed by atoms with Crippen LogP contribution in [0.25, 0.3) is 5.57 Å². The Balaban J connectivity index is 1.65. The van der Waals surface area contributed by atoms with Crippen LogP contribution in [-0.4, -0.2) is 41.1 Å². The lowest BCUT2D eigenvalue weighted by Gasteiger charge is -2.26. The zero-order valence-electron chi connectivity index (χ0n) is 14.1. The first-order valence-corrected chi connectivity index (χ1v) is 8.18. The Morgan fingerprint density at radius 3 is 2.54 bits per heavy atom. The van der Waals surface area contributed by atoms with Crippen molar-refractivity contribution in [2.24, 2.45) is 5.73 Å². The number of benzene rings is 1. The normalized spacial score (nSPS) is 13.7. The van der Waals surface area contributed by atoms with Gasteiger partial charge in [0.25, 0.3) is 5.91 Å². The predicted octanol–water partition coefficient (Wildman–Crippen LogP) is 2.13. The Labute approximate surface area is 151 Å². The van der Waals surface area contributed by atoms with E-state index < -0.39 is 0 Å². The van der Waals surface area contributed by atoms with Crippen molar-refractivity contribution < 1.29 is 9.59 Å². The molecular weight excluding hydrogens is 330 g/mol. The standard InChI is InChI=1S/C19H19N5O2/c20-19(21)24-9-7-14(8-10-24)13-1-4-16(5-2-13)23-18(26)15-3-6-17(12-25)22-11-15/h1-7,11-12H,8-10H2,(H3,20,21)(H,23,26). The highest BCUT2D eigenvalue weighted by atomic mass is 16.1. The number of hydrogen-bond acceptors (Lipinski definition) is 4. The van der Waals surface area contributed by atoms with Gasteiger partial charge in [-0.2, -0.15) is 0 Å². The third-order valence-corrected chi connectivity index (χ3v) is 4.23. The SMILES string of the molecule is N=C(N)N1CC=C(c2ccc(NC(=O)c3ccc(C=O)nc3)cc2)CC1. The molecule has 0 atom stereocenters. The zero-order valence-corrected chi connectivity index (χ0v) is 14.1. The van der Waals surface area contributed by atoms with E-state index in [1.165, 1.54) is 17.8 Å². The van der Waals surface area contributed by atoms with Gasteiger partial charge in [0.2, 0.25) is 0 Å². The van der Waals surface area contributed by atoms with Crippen LogP contribution in [0.2, 0.25) is 0 Å². The lowest BCUT2D eigenvalue weighted by Crippen LogP contribution is -2.39. The summed E-state index contributed by atoms with van der Waals surface area (Å²) in [4.78, 5) is 28.5. The first-order chi connectivity index (χ1) is 12.6. The van der Waals surface area contributed by atoms with Crippen LogP contribution in [0.5, 0.6) is 0 Å². The van der Waals surface area contributed by atoms with Crippen LogP contribution in [0.15, 0.2) is 48.7 Å². The van der Waals surface area contributed by atoms with E-state index in [-0.39, 0.29) is 17.6 Å². The lowest BCUT2D eigenvalue weighted by molar-refractivity contribution is 0.102. The van der Waals surface area contributed by atoms with Crippen LogP contribution in [0.4, 0.5) is 5.69 Å². The molecular formula is C19H19N5O2. The monoisotopic (exact) mass is 349 g/mol. The first kappa shape index (κ1) is 17.3. The van der Waals surface area contributed by atoms with Crippen LogP contribution in [0.3, 0.4) is 0 Å². The molecule has 1 aliphatic heterocycles. The zero-order chi connectivity index (χ0) is 18.5. The van der Waals surface area contributed by atoms with Gasteiger partial charge in [0, 0.05) is 25.0 Å². The Hall–Kier alpha value is -3.48. The molecule has 0 radical (unpaired) electrons. The number of aldehydes is 1. The maximum absolute atomic E-state index is 12.2. The van der Waals surface area contributed by atoms with Crippen molar-refractivity contribution in [1.29, 1.82) is 5.41 Å². The molecule has 132 valence electrons. The number of nitrogens with zero attached hydrogens (tertiary/aromatic N) is 2. The number of anilines is 1. The van der Waals surface area contributed by atoms with E-state index >= 15 is 0 Å². The van der Waals surface area contributed by atoms with Crippen LogP contribution in [-0.2, 0) is 0 Å². The maximum atomic E-state index is 12.2. The molecule has 0 saturated heterocycles. The van der Waals surface area contributed by atoms with Crippen LogP contribution >= 0.6 is 0 Å². The minimum Gasteiger partial charge on any atom is -0.370 e. The van der Waals surface area contributed by atoms with E-state index in [1.807, 2.05) is 29.2 Å². The summed E-state index contributed by atoms with van der Waals surface area (Å²) in [6, 6.07) is 10.7. The van der Waals surface area contributed by atoms with Crippen molar-refractivity contribution in [1.82, 2.24) is 9.88 Å². The van der Waals surface area contributed by atoms with Gasteiger partial charge in [0.05, 0.1) is 5.56 Å². The van der Waals surface area contributed by atoms with Gasteiger partial charge in [0.15, 0.2) is 12.2 Å². The van der Waals surface area contributed by atoms with E-state index in [0.717, 1.165) is 18.5 Å². The average Bonchev–Trinajstić information content (AvgIpc) is 2.68.